The van der Waals surface area contributed by atoms with E-state index >= 15 is 0 Å². The minimum atomic E-state index is -0.127. The van der Waals surface area contributed by atoms with E-state index in [9.17, 15) is 9.59 Å². The molecule has 2 rings (SSSR count). The Hall–Kier alpha value is -2.37. The molecule has 0 saturated heterocycles. The van der Waals surface area contributed by atoms with Crippen molar-refractivity contribution in [2.75, 3.05) is 23.7 Å². The number of hydrogen-bond acceptors (Lipinski definition) is 3. The topological polar surface area (TPSA) is 61.4 Å². The summed E-state index contributed by atoms with van der Waals surface area (Å²) in [5.74, 6) is -0.208. The smallest absolute Gasteiger partial charge is 0.238 e. The molecule has 2 N–H and O–H groups in total. The SMILES string of the molecule is CCN(CC(=O)Nc1ccc(NC(C)=O)cc1)Cc1ccc(Cl)cc1. The fourth-order valence-electron chi connectivity index (χ4n) is 2.37. The quantitative estimate of drug-likeness (QED) is 0.791. The van der Waals surface area contributed by atoms with Gasteiger partial charge in [0.25, 0.3) is 0 Å². The van der Waals surface area contributed by atoms with Gasteiger partial charge in [-0.2, -0.15) is 0 Å². The van der Waals surface area contributed by atoms with E-state index in [2.05, 4.69) is 10.6 Å². The Kier molecular flexibility index (Phi) is 6.98. The van der Waals surface area contributed by atoms with Crippen molar-refractivity contribution in [3.8, 4) is 0 Å². The Morgan fingerprint density at radius 3 is 2.04 bits per heavy atom. The molecule has 0 atom stereocenters. The third-order valence-electron chi connectivity index (χ3n) is 3.62. The van der Waals surface area contributed by atoms with E-state index in [0.29, 0.717) is 29.5 Å². The molecule has 132 valence electrons. The summed E-state index contributed by atoms with van der Waals surface area (Å²) in [5.41, 5.74) is 2.50. The first-order valence-electron chi connectivity index (χ1n) is 8.10. The summed E-state index contributed by atoms with van der Waals surface area (Å²) >= 11 is 5.89. The van der Waals surface area contributed by atoms with Crippen LogP contribution in [0.5, 0.6) is 0 Å². The monoisotopic (exact) mass is 359 g/mol. The molecule has 2 amide bonds. The van der Waals surface area contributed by atoms with Crippen LogP contribution in [0, 0.1) is 0 Å². The summed E-state index contributed by atoms with van der Waals surface area (Å²) in [6.07, 6.45) is 0. The summed E-state index contributed by atoms with van der Waals surface area (Å²) in [7, 11) is 0. The molecule has 0 aliphatic carbocycles. The molecule has 0 radical (unpaired) electrons. The molecule has 0 bridgehead atoms. The van der Waals surface area contributed by atoms with Gasteiger partial charge in [-0.05, 0) is 48.5 Å². The predicted octanol–water partition coefficient (Wildman–Crippen LogP) is 3.76. The average molecular weight is 360 g/mol. The Balaban J connectivity index is 1.88. The van der Waals surface area contributed by atoms with Gasteiger partial charge < -0.3 is 10.6 Å². The zero-order valence-corrected chi connectivity index (χ0v) is 15.1. The van der Waals surface area contributed by atoms with Crippen molar-refractivity contribution in [3.63, 3.8) is 0 Å². The highest BCUT2D eigenvalue weighted by molar-refractivity contribution is 6.30. The molecule has 0 spiro atoms. The molecule has 0 aliphatic rings. The lowest BCUT2D eigenvalue weighted by Crippen LogP contribution is -2.32. The van der Waals surface area contributed by atoms with Crippen LogP contribution in [-0.2, 0) is 16.1 Å². The van der Waals surface area contributed by atoms with Crippen molar-refractivity contribution in [3.05, 3.63) is 59.1 Å². The van der Waals surface area contributed by atoms with Crippen LogP contribution < -0.4 is 10.6 Å². The van der Waals surface area contributed by atoms with Crippen molar-refractivity contribution in [1.82, 2.24) is 4.90 Å². The summed E-state index contributed by atoms with van der Waals surface area (Å²) in [6.45, 7) is 5.22. The van der Waals surface area contributed by atoms with Crippen LogP contribution in [0.4, 0.5) is 11.4 Å². The molecule has 0 heterocycles. The lowest BCUT2D eigenvalue weighted by atomic mass is 10.2. The second-order valence-corrected chi connectivity index (χ2v) is 6.17. The van der Waals surface area contributed by atoms with E-state index in [1.807, 2.05) is 36.1 Å². The molecular weight excluding hydrogens is 338 g/mol. The number of halogens is 1. The van der Waals surface area contributed by atoms with Gasteiger partial charge in [-0.3, -0.25) is 14.5 Å². The first-order valence-corrected chi connectivity index (χ1v) is 8.48. The second kappa shape index (κ2) is 9.20. The minimum Gasteiger partial charge on any atom is -0.326 e. The lowest BCUT2D eigenvalue weighted by Gasteiger charge is -2.20. The number of benzene rings is 2. The fourth-order valence-corrected chi connectivity index (χ4v) is 2.50. The minimum absolute atomic E-state index is 0.0805. The number of carbonyl (C=O) groups excluding carboxylic acids is 2. The number of amides is 2. The summed E-state index contributed by atoms with van der Waals surface area (Å²) in [5, 5.41) is 6.26. The van der Waals surface area contributed by atoms with Crippen LogP contribution in [0.2, 0.25) is 5.02 Å². The van der Waals surface area contributed by atoms with Crippen LogP contribution in [0.1, 0.15) is 19.4 Å². The number of hydrogen-bond donors (Lipinski definition) is 2. The van der Waals surface area contributed by atoms with E-state index in [-0.39, 0.29) is 11.8 Å². The summed E-state index contributed by atoms with van der Waals surface area (Å²) in [6, 6.07) is 14.7. The molecule has 2 aromatic carbocycles. The summed E-state index contributed by atoms with van der Waals surface area (Å²) in [4.78, 5) is 25.3. The Labute approximate surface area is 153 Å². The Morgan fingerprint density at radius 1 is 0.960 bits per heavy atom. The Morgan fingerprint density at radius 2 is 1.52 bits per heavy atom. The van der Waals surface area contributed by atoms with E-state index in [1.54, 1.807) is 24.3 Å². The average Bonchev–Trinajstić information content (AvgIpc) is 2.57. The van der Waals surface area contributed by atoms with Crippen LogP contribution >= 0.6 is 11.6 Å². The second-order valence-electron chi connectivity index (χ2n) is 5.74. The van der Waals surface area contributed by atoms with Crippen LogP contribution in [-0.4, -0.2) is 29.8 Å². The van der Waals surface area contributed by atoms with Crippen molar-refractivity contribution in [2.45, 2.75) is 20.4 Å². The summed E-state index contributed by atoms with van der Waals surface area (Å²) < 4.78 is 0. The highest BCUT2D eigenvalue weighted by Gasteiger charge is 2.10. The number of carbonyl (C=O) groups is 2. The van der Waals surface area contributed by atoms with E-state index in [1.165, 1.54) is 6.92 Å². The first kappa shape index (κ1) is 19.0. The molecule has 0 aromatic heterocycles. The van der Waals surface area contributed by atoms with Crippen LogP contribution in [0.25, 0.3) is 0 Å². The maximum atomic E-state index is 12.2. The third kappa shape index (κ3) is 6.57. The van der Waals surface area contributed by atoms with Gasteiger partial charge in [0.2, 0.25) is 11.8 Å². The largest absolute Gasteiger partial charge is 0.326 e. The van der Waals surface area contributed by atoms with Gasteiger partial charge in [0.1, 0.15) is 0 Å². The first-order chi connectivity index (χ1) is 12.0. The zero-order chi connectivity index (χ0) is 18.2. The number of likely N-dealkylation sites (N-methyl/N-ethyl adjacent to an activating group) is 1. The maximum Gasteiger partial charge on any atom is 0.238 e. The van der Waals surface area contributed by atoms with Gasteiger partial charge in [-0.25, -0.2) is 0 Å². The van der Waals surface area contributed by atoms with E-state index in [0.717, 1.165) is 12.1 Å². The normalized spacial score (nSPS) is 10.6. The highest BCUT2D eigenvalue weighted by atomic mass is 35.5. The zero-order valence-electron chi connectivity index (χ0n) is 14.4. The van der Waals surface area contributed by atoms with Gasteiger partial charge in [0, 0.05) is 29.9 Å². The van der Waals surface area contributed by atoms with Gasteiger partial charge in [-0.1, -0.05) is 30.7 Å². The lowest BCUT2D eigenvalue weighted by molar-refractivity contribution is -0.117. The van der Waals surface area contributed by atoms with Crippen molar-refractivity contribution in [1.29, 1.82) is 0 Å². The molecule has 0 fully saturated rings. The molecule has 2 aromatic rings. The predicted molar refractivity (Wildman–Crippen MR) is 102 cm³/mol. The standard InChI is InChI=1S/C19H22ClN3O2/c1-3-23(12-15-4-6-16(20)7-5-15)13-19(25)22-18-10-8-17(9-11-18)21-14(2)24/h4-11H,3,12-13H2,1-2H3,(H,21,24)(H,22,25). The molecule has 6 heteroatoms. The van der Waals surface area contributed by atoms with Gasteiger partial charge in [-0.15, -0.1) is 0 Å². The number of nitrogens with one attached hydrogen (secondary N) is 2. The Bertz CT molecular complexity index is 714. The highest BCUT2D eigenvalue weighted by Crippen LogP contribution is 2.14. The number of nitrogens with zero attached hydrogens (tertiary/aromatic N) is 1. The number of rotatable bonds is 7. The van der Waals surface area contributed by atoms with Gasteiger partial charge in [0.15, 0.2) is 0 Å². The molecule has 0 saturated carbocycles. The van der Waals surface area contributed by atoms with Crippen molar-refractivity contribution < 1.29 is 9.59 Å². The van der Waals surface area contributed by atoms with Crippen LogP contribution in [0.15, 0.2) is 48.5 Å². The molecule has 0 unspecified atom stereocenters. The van der Waals surface area contributed by atoms with Crippen molar-refractivity contribution >= 4 is 34.8 Å². The van der Waals surface area contributed by atoms with Crippen molar-refractivity contribution in [2.24, 2.45) is 0 Å². The molecular formula is C19H22ClN3O2. The molecule has 5 nitrogen and oxygen atoms in total. The fraction of sp³-hybridized carbons (Fsp3) is 0.263. The molecule has 0 aliphatic heterocycles. The maximum absolute atomic E-state index is 12.2. The van der Waals surface area contributed by atoms with E-state index < -0.39 is 0 Å². The van der Waals surface area contributed by atoms with Crippen LogP contribution in [0.3, 0.4) is 0 Å². The van der Waals surface area contributed by atoms with Gasteiger partial charge in [0.05, 0.1) is 6.54 Å². The third-order valence-corrected chi connectivity index (χ3v) is 3.87. The van der Waals surface area contributed by atoms with E-state index in [4.69, 9.17) is 11.6 Å². The van der Waals surface area contributed by atoms with Gasteiger partial charge >= 0.3 is 0 Å². The number of anilines is 2. The molecule has 25 heavy (non-hydrogen) atoms.